The Bertz CT molecular complexity index is 271. The molecule has 2 nitrogen and oxygen atoms in total. The number of thiol groups is 2. The van der Waals surface area contributed by atoms with E-state index in [9.17, 15) is 0 Å². The summed E-state index contributed by atoms with van der Waals surface area (Å²) in [5.41, 5.74) is 0. The fourth-order valence-electron chi connectivity index (χ4n) is 2.00. The molecular formula is C18H38N2S4Se. The van der Waals surface area contributed by atoms with E-state index in [1.54, 1.807) is 0 Å². The third-order valence-electron chi connectivity index (χ3n) is 3.67. The van der Waals surface area contributed by atoms with E-state index in [2.05, 4.69) is 62.8 Å². The summed E-state index contributed by atoms with van der Waals surface area (Å²) in [6.45, 7) is 13.0. The molecule has 0 spiro atoms. The van der Waals surface area contributed by atoms with Crippen LogP contribution in [0.2, 0.25) is 0 Å². The van der Waals surface area contributed by atoms with Crippen LogP contribution in [-0.4, -0.2) is 61.7 Å². The standard InChI is InChI=1S/2C9H19NS2.Se/c2*1-3-5-7-10(9(11)12)8-6-4-2;/h2*3-8H2,1-2H3,(H,11,12);. The number of thiocarbonyl (C=S) groups is 2. The molecular weight excluding hydrogens is 451 g/mol. The third kappa shape index (κ3) is 21.2. The second-order valence-electron chi connectivity index (χ2n) is 5.95. The Morgan fingerprint density at radius 3 is 0.920 bits per heavy atom. The van der Waals surface area contributed by atoms with E-state index in [1.807, 2.05) is 0 Å². The Labute approximate surface area is 189 Å². The number of rotatable bonds is 12. The van der Waals surface area contributed by atoms with Gasteiger partial charge in [-0.3, -0.25) is 0 Å². The second kappa shape index (κ2) is 23.0. The van der Waals surface area contributed by atoms with Gasteiger partial charge in [0.15, 0.2) is 0 Å². The summed E-state index contributed by atoms with van der Waals surface area (Å²) in [5.74, 6) is 0. The van der Waals surface area contributed by atoms with Gasteiger partial charge in [0.25, 0.3) is 0 Å². The Kier molecular flexibility index (Phi) is 28.3. The maximum absolute atomic E-state index is 5.03. The molecule has 0 rings (SSSR count). The first-order valence-electron chi connectivity index (χ1n) is 9.40. The number of unbranched alkanes of at least 4 members (excludes halogenated alkanes) is 4. The van der Waals surface area contributed by atoms with Gasteiger partial charge in [-0.15, -0.1) is 25.3 Å². The van der Waals surface area contributed by atoms with E-state index in [-0.39, 0.29) is 17.1 Å². The minimum Gasteiger partial charge on any atom is -0.358 e. The zero-order valence-corrected chi connectivity index (χ0v) is 21.6. The van der Waals surface area contributed by atoms with Gasteiger partial charge in [-0.05, 0) is 25.7 Å². The predicted molar refractivity (Wildman–Crippen MR) is 132 cm³/mol. The van der Waals surface area contributed by atoms with Crippen LogP contribution in [-0.2, 0) is 0 Å². The molecule has 0 aromatic rings. The largest absolute Gasteiger partial charge is 0.358 e. The van der Waals surface area contributed by atoms with Crippen molar-refractivity contribution in [1.82, 2.24) is 9.80 Å². The average molecular weight is 490 g/mol. The van der Waals surface area contributed by atoms with Crippen LogP contribution >= 0.6 is 49.7 Å². The van der Waals surface area contributed by atoms with Gasteiger partial charge in [0, 0.05) is 43.2 Å². The molecule has 0 saturated carbocycles. The molecule has 0 aliphatic carbocycles. The van der Waals surface area contributed by atoms with Gasteiger partial charge < -0.3 is 9.80 Å². The Morgan fingerprint density at radius 1 is 0.600 bits per heavy atom. The fourth-order valence-corrected chi connectivity index (χ4v) is 2.77. The summed E-state index contributed by atoms with van der Waals surface area (Å²) >= 11 is 18.5. The Balaban J connectivity index is -0.000000372. The molecule has 0 aromatic heterocycles. The molecule has 0 amide bonds. The molecule has 7 heteroatoms. The van der Waals surface area contributed by atoms with E-state index in [4.69, 9.17) is 24.4 Å². The van der Waals surface area contributed by atoms with Crippen LogP contribution in [0.3, 0.4) is 0 Å². The molecule has 0 aromatic carbocycles. The van der Waals surface area contributed by atoms with Crippen molar-refractivity contribution >= 4 is 75.4 Å². The first-order valence-corrected chi connectivity index (χ1v) is 11.1. The van der Waals surface area contributed by atoms with E-state index >= 15 is 0 Å². The molecule has 0 bridgehead atoms. The zero-order valence-electron chi connectivity index (χ0n) is 16.5. The van der Waals surface area contributed by atoms with Gasteiger partial charge in [0.05, 0.1) is 0 Å². The van der Waals surface area contributed by atoms with Gasteiger partial charge >= 0.3 is 0 Å². The van der Waals surface area contributed by atoms with Crippen LogP contribution in [0.1, 0.15) is 79.1 Å². The van der Waals surface area contributed by atoms with Gasteiger partial charge in [-0.1, -0.05) is 77.8 Å². The van der Waals surface area contributed by atoms with Crippen molar-refractivity contribution in [3.05, 3.63) is 0 Å². The van der Waals surface area contributed by atoms with Crippen molar-refractivity contribution in [3.63, 3.8) is 0 Å². The van der Waals surface area contributed by atoms with Crippen LogP contribution in [0.5, 0.6) is 0 Å². The first-order chi connectivity index (χ1) is 11.4. The number of hydrogen-bond donors (Lipinski definition) is 2. The van der Waals surface area contributed by atoms with Gasteiger partial charge in [-0.25, -0.2) is 0 Å². The summed E-state index contributed by atoms with van der Waals surface area (Å²) in [6.07, 6.45) is 9.74. The zero-order chi connectivity index (χ0) is 18.8. The average Bonchev–Trinajstić information content (AvgIpc) is 2.55. The van der Waals surface area contributed by atoms with Crippen LogP contribution in [0.15, 0.2) is 0 Å². The van der Waals surface area contributed by atoms with Crippen LogP contribution in [0, 0.1) is 0 Å². The van der Waals surface area contributed by atoms with Crippen LogP contribution in [0.25, 0.3) is 0 Å². The maximum Gasteiger partial charge on any atom is 0.133 e. The van der Waals surface area contributed by atoms with Crippen molar-refractivity contribution in [3.8, 4) is 0 Å². The molecule has 2 radical (unpaired) electrons. The number of hydrogen-bond acceptors (Lipinski definition) is 2. The van der Waals surface area contributed by atoms with Crippen molar-refractivity contribution in [2.24, 2.45) is 0 Å². The molecule has 0 aliphatic heterocycles. The molecule has 0 saturated heterocycles. The Hall–Kier alpha value is 0.999. The van der Waals surface area contributed by atoms with E-state index in [1.165, 1.54) is 51.4 Å². The van der Waals surface area contributed by atoms with Crippen LogP contribution in [0.4, 0.5) is 0 Å². The maximum atomic E-state index is 5.03. The SMILES string of the molecule is CCCCN(CCCC)C(=S)S.CCCCN(CCCC)C(=S)S.[Se]. The smallest absolute Gasteiger partial charge is 0.133 e. The summed E-state index contributed by atoms with van der Waals surface area (Å²) < 4.78 is 1.49. The Morgan fingerprint density at radius 2 is 0.800 bits per heavy atom. The third-order valence-corrected chi connectivity index (χ3v) is 4.75. The van der Waals surface area contributed by atoms with Crippen molar-refractivity contribution in [2.75, 3.05) is 26.2 Å². The molecule has 0 heterocycles. The topological polar surface area (TPSA) is 6.48 Å². The molecule has 0 aliphatic rings. The quantitative estimate of drug-likeness (QED) is 0.202. The minimum atomic E-state index is 0. The first kappa shape index (κ1) is 30.7. The monoisotopic (exact) mass is 490 g/mol. The van der Waals surface area contributed by atoms with Crippen LogP contribution < -0.4 is 0 Å². The molecule has 25 heavy (non-hydrogen) atoms. The fraction of sp³-hybridized carbons (Fsp3) is 0.889. The second-order valence-corrected chi connectivity index (χ2v) is 8.18. The van der Waals surface area contributed by atoms with Crippen molar-refractivity contribution < 1.29 is 0 Å². The summed E-state index contributed by atoms with van der Waals surface area (Å²) in [7, 11) is 0. The van der Waals surface area contributed by atoms with Crippen molar-refractivity contribution in [1.29, 1.82) is 0 Å². The van der Waals surface area contributed by atoms with Gasteiger partial charge in [0.2, 0.25) is 0 Å². The van der Waals surface area contributed by atoms with E-state index in [0.29, 0.717) is 0 Å². The molecule has 0 atom stereocenters. The number of nitrogens with zero attached hydrogens (tertiary/aromatic N) is 2. The molecule has 0 unspecified atom stereocenters. The van der Waals surface area contributed by atoms with E-state index in [0.717, 1.165) is 34.8 Å². The minimum absolute atomic E-state index is 0. The normalized spacial score (nSPS) is 9.52. The summed E-state index contributed by atoms with van der Waals surface area (Å²) in [6, 6.07) is 0. The predicted octanol–water partition coefficient (Wildman–Crippen LogP) is 5.83. The molecule has 0 N–H and O–H groups in total. The summed E-state index contributed by atoms with van der Waals surface area (Å²) in [5, 5.41) is 0. The van der Waals surface area contributed by atoms with Gasteiger partial charge in [0.1, 0.15) is 8.64 Å². The van der Waals surface area contributed by atoms with Crippen molar-refractivity contribution in [2.45, 2.75) is 79.1 Å². The molecule has 0 fully saturated rings. The van der Waals surface area contributed by atoms with E-state index < -0.39 is 0 Å². The summed E-state index contributed by atoms with van der Waals surface area (Å²) in [4.78, 5) is 4.37. The van der Waals surface area contributed by atoms with Gasteiger partial charge in [-0.2, -0.15) is 0 Å². The molecule has 150 valence electrons.